The van der Waals surface area contributed by atoms with E-state index in [1.54, 1.807) is 18.3 Å². The van der Waals surface area contributed by atoms with Crippen molar-refractivity contribution >= 4 is 17.6 Å². The fraction of sp³-hybridized carbons (Fsp3) is 0.278. The summed E-state index contributed by atoms with van der Waals surface area (Å²) in [6.45, 7) is 6.23. The molecular formula is C18H20N4O2. The lowest BCUT2D eigenvalue weighted by Gasteiger charge is -2.21. The van der Waals surface area contributed by atoms with Gasteiger partial charge in [-0.2, -0.15) is 4.98 Å². The van der Waals surface area contributed by atoms with Gasteiger partial charge in [-0.1, -0.05) is 12.1 Å². The Balaban J connectivity index is 2.13. The van der Waals surface area contributed by atoms with Crippen LogP contribution >= 0.6 is 0 Å². The molecule has 1 aromatic carbocycles. The number of imidazole rings is 1. The lowest BCUT2D eigenvalue weighted by atomic mass is 10.1. The van der Waals surface area contributed by atoms with Crippen LogP contribution in [0.2, 0.25) is 0 Å². The summed E-state index contributed by atoms with van der Waals surface area (Å²) in [6.07, 6.45) is 3.64. The van der Waals surface area contributed by atoms with Crippen LogP contribution in [0.15, 0.2) is 42.7 Å². The third kappa shape index (κ3) is 3.08. The highest BCUT2D eigenvalue weighted by atomic mass is 16.5. The van der Waals surface area contributed by atoms with Crippen LogP contribution in [0, 0.1) is 0 Å². The first-order chi connectivity index (χ1) is 11.4. The maximum absolute atomic E-state index is 11.6. The number of benzene rings is 1. The van der Waals surface area contributed by atoms with Crippen molar-refractivity contribution in [2.45, 2.75) is 26.3 Å². The second-order valence-electron chi connectivity index (χ2n) is 6.54. The molecule has 0 fully saturated rings. The summed E-state index contributed by atoms with van der Waals surface area (Å²) >= 11 is 0. The molecule has 0 radical (unpaired) electrons. The summed E-state index contributed by atoms with van der Waals surface area (Å²) in [7, 11) is 1.37. The van der Waals surface area contributed by atoms with Gasteiger partial charge in [-0.3, -0.25) is 4.40 Å². The second-order valence-corrected chi connectivity index (χ2v) is 6.54. The predicted molar refractivity (Wildman–Crippen MR) is 93.1 cm³/mol. The van der Waals surface area contributed by atoms with Gasteiger partial charge in [0.15, 0.2) is 5.82 Å². The average molecular weight is 324 g/mol. The largest absolute Gasteiger partial charge is 0.465 e. The summed E-state index contributed by atoms with van der Waals surface area (Å²) < 4.78 is 6.68. The van der Waals surface area contributed by atoms with E-state index < -0.39 is 0 Å². The minimum atomic E-state index is -0.352. The third-order valence-corrected chi connectivity index (χ3v) is 3.48. The highest BCUT2D eigenvalue weighted by molar-refractivity contribution is 5.90. The zero-order valence-corrected chi connectivity index (χ0v) is 14.2. The first-order valence-electron chi connectivity index (χ1n) is 7.69. The number of rotatable bonds is 3. The molecule has 6 heteroatoms. The van der Waals surface area contributed by atoms with Crippen molar-refractivity contribution in [2.75, 3.05) is 12.4 Å². The van der Waals surface area contributed by atoms with Gasteiger partial charge in [0.05, 0.1) is 18.4 Å². The Labute approximate surface area is 140 Å². The molecule has 0 bridgehead atoms. The van der Waals surface area contributed by atoms with E-state index in [9.17, 15) is 4.79 Å². The SMILES string of the molecule is COC(=O)c1ccc(-c2c(NC(C)(C)C)nc3ncccn23)cc1. The summed E-state index contributed by atoms with van der Waals surface area (Å²) in [5.41, 5.74) is 2.22. The first-order valence-corrected chi connectivity index (χ1v) is 7.69. The van der Waals surface area contributed by atoms with Crippen LogP contribution in [0.1, 0.15) is 31.1 Å². The van der Waals surface area contributed by atoms with Gasteiger partial charge in [-0.05, 0) is 39.0 Å². The van der Waals surface area contributed by atoms with E-state index in [1.807, 2.05) is 28.8 Å². The van der Waals surface area contributed by atoms with Gasteiger partial charge in [0.2, 0.25) is 5.78 Å². The van der Waals surface area contributed by atoms with Crippen molar-refractivity contribution in [3.05, 3.63) is 48.3 Å². The van der Waals surface area contributed by atoms with Crippen LogP contribution in [0.4, 0.5) is 5.82 Å². The Morgan fingerprint density at radius 2 is 1.92 bits per heavy atom. The summed E-state index contributed by atoms with van der Waals surface area (Å²) in [5, 5.41) is 3.42. The highest BCUT2D eigenvalue weighted by Gasteiger charge is 2.19. The Morgan fingerprint density at radius 1 is 1.21 bits per heavy atom. The monoisotopic (exact) mass is 324 g/mol. The summed E-state index contributed by atoms with van der Waals surface area (Å²) in [5.74, 6) is 1.03. The van der Waals surface area contributed by atoms with Crippen LogP contribution in [-0.4, -0.2) is 33.0 Å². The lowest BCUT2D eigenvalue weighted by Crippen LogP contribution is -2.26. The summed E-state index contributed by atoms with van der Waals surface area (Å²) in [4.78, 5) is 20.5. The molecule has 3 rings (SSSR count). The standard InChI is InChI=1S/C18H20N4O2/c1-18(2,3)21-15-14(22-11-5-10-19-17(22)20-15)12-6-8-13(9-7-12)16(23)24-4/h5-11,21H,1-4H3. The van der Waals surface area contributed by atoms with Gasteiger partial charge in [0, 0.05) is 23.5 Å². The van der Waals surface area contributed by atoms with Crippen molar-refractivity contribution in [1.29, 1.82) is 0 Å². The molecule has 0 aliphatic carbocycles. The van der Waals surface area contributed by atoms with Gasteiger partial charge in [0.25, 0.3) is 0 Å². The maximum atomic E-state index is 11.6. The number of carbonyl (C=O) groups excluding carboxylic acids is 1. The molecule has 0 saturated heterocycles. The molecule has 2 aromatic heterocycles. The zero-order valence-electron chi connectivity index (χ0n) is 14.2. The van der Waals surface area contributed by atoms with E-state index >= 15 is 0 Å². The minimum absolute atomic E-state index is 0.140. The van der Waals surface area contributed by atoms with Crippen molar-refractivity contribution in [3.63, 3.8) is 0 Å². The number of aromatic nitrogens is 3. The number of nitrogens with zero attached hydrogens (tertiary/aromatic N) is 3. The molecule has 24 heavy (non-hydrogen) atoms. The van der Waals surface area contributed by atoms with E-state index in [0.29, 0.717) is 11.3 Å². The molecule has 0 saturated carbocycles. The van der Waals surface area contributed by atoms with E-state index in [1.165, 1.54) is 7.11 Å². The molecule has 0 spiro atoms. The molecule has 0 aliphatic rings. The molecule has 124 valence electrons. The number of hydrogen-bond donors (Lipinski definition) is 1. The number of fused-ring (bicyclic) bond motifs is 1. The van der Waals surface area contributed by atoms with Crippen molar-refractivity contribution < 1.29 is 9.53 Å². The molecule has 0 atom stereocenters. The molecule has 6 nitrogen and oxygen atoms in total. The van der Waals surface area contributed by atoms with Crippen LogP contribution in [0.5, 0.6) is 0 Å². The third-order valence-electron chi connectivity index (χ3n) is 3.48. The number of ether oxygens (including phenoxy) is 1. The Kier molecular flexibility index (Phi) is 3.97. The Hall–Kier alpha value is -2.89. The zero-order chi connectivity index (χ0) is 17.3. The quantitative estimate of drug-likeness (QED) is 0.748. The number of nitrogens with one attached hydrogen (secondary N) is 1. The molecular weight excluding hydrogens is 304 g/mol. The summed E-state index contributed by atoms with van der Waals surface area (Å²) in [6, 6.07) is 9.13. The topological polar surface area (TPSA) is 68.5 Å². The number of esters is 1. The molecule has 0 unspecified atom stereocenters. The number of carbonyl (C=O) groups is 1. The second kappa shape index (κ2) is 5.96. The van der Waals surface area contributed by atoms with Gasteiger partial charge < -0.3 is 10.1 Å². The van der Waals surface area contributed by atoms with Crippen molar-refractivity contribution in [3.8, 4) is 11.3 Å². The van der Waals surface area contributed by atoms with Gasteiger partial charge in [-0.25, -0.2) is 9.78 Å². The van der Waals surface area contributed by atoms with Crippen molar-refractivity contribution in [1.82, 2.24) is 14.4 Å². The van der Waals surface area contributed by atoms with E-state index in [4.69, 9.17) is 4.74 Å². The predicted octanol–water partition coefficient (Wildman–Crippen LogP) is 3.39. The minimum Gasteiger partial charge on any atom is -0.465 e. The van der Waals surface area contributed by atoms with E-state index in [-0.39, 0.29) is 11.5 Å². The maximum Gasteiger partial charge on any atom is 0.337 e. The Bertz CT molecular complexity index is 876. The van der Waals surface area contributed by atoms with E-state index in [0.717, 1.165) is 17.1 Å². The number of anilines is 1. The molecule has 0 amide bonds. The normalized spacial score (nSPS) is 11.5. The van der Waals surface area contributed by atoms with Gasteiger partial charge >= 0.3 is 5.97 Å². The fourth-order valence-corrected chi connectivity index (χ4v) is 2.49. The first kappa shape index (κ1) is 16.0. The fourth-order valence-electron chi connectivity index (χ4n) is 2.49. The molecule has 2 heterocycles. The van der Waals surface area contributed by atoms with Gasteiger partial charge in [-0.15, -0.1) is 0 Å². The van der Waals surface area contributed by atoms with Gasteiger partial charge in [0.1, 0.15) is 0 Å². The molecule has 0 aliphatic heterocycles. The van der Waals surface area contributed by atoms with Crippen LogP contribution < -0.4 is 5.32 Å². The van der Waals surface area contributed by atoms with Crippen LogP contribution in [-0.2, 0) is 4.74 Å². The van der Waals surface area contributed by atoms with Crippen LogP contribution in [0.25, 0.3) is 17.0 Å². The number of methoxy groups -OCH3 is 1. The lowest BCUT2D eigenvalue weighted by molar-refractivity contribution is 0.0601. The Morgan fingerprint density at radius 3 is 2.54 bits per heavy atom. The molecule has 3 aromatic rings. The number of hydrogen-bond acceptors (Lipinski definition) is 5. The molecule has 1 N–H and O–H groups in total. The van der Waals surface area contributed by atoms with E-state index in [2.05, 4.69) is 36.1 Å². The average Bonchev–Trinajstić information content (AvgIpc) is 2.90. The van der Waals surface area contributed by atoms with Crippen molar-refractivity contribution in [2.24, 2.45) is 0 Å². The highest BCUT2D eigenvalue weighted by Crippen LogP contribution is 2.30. The smallest absolute Gasteiger partial charge is 0.337 e. The van der Waals surface area contributed by atoms with Crippen LogP contribution in [0.3, 0.4) is 0 Å².